The highest BCUT2D eigenvalue weighted by atomic mass is 16.1. The second kappa shape index (κ2) is 7.78. The molecule has 3 aromatic heterocycles. The van der Waals surface area contributed by atoms with Crippen molar-refractivity contribution in [3.63, 3.8) is 0 Å². The number of carbonyl (C=O) groups excluding carboxylic acids is 1. The predicted molar refractivity (Wildman–Crippen MR) is 132 cm³/mol. The van der Waals surface area contributed by atoms with E-state index >= 15 is 0 Å². The Hall–Kier alpha value is -4.12. The standard InChI is InChI=1S/C28H24N4O/c1-2-17-11-21(19-4-3-18-5-8-29-25(18)14-19)13-22(12-17)26-15-20(6-9-30-26)27-16-23-24(32-27)7-10-31-28(23)33/h3-6,8-9,11-16,29,32H,2,7,10H2,1H3,(H,31,33). The maximum absolute atomic E-state index is 12.2. The Morgan fingerprint density at radius 3 is 2.70 bits per heavy atom. The van der Waals surface area contributed by atoms with Crippen LogP contribution in [0.25, 0.3) is 44.5 Å². The van der Waals surface area contributed by atoms with Crippen molar-refractivity contribution in [2.24, 2.45) is 0 Å². The molecule has 33 heavy (non-hydrogen) atoms. The zero-order chi connectivity index (χ0) is 22.4. The first kappa shape index (κ1) is 19.6. The van der Waals surface area contributed by atoms with Crippen molar-refractivity contribution in [2.75, 3.05) is 6.54 Å². The number of hydrogen-bond donors (Lipinski definition) is 3. The van der Waals surface area contributed by atoms with Gasteiger partial charge in [0.05, 0.1) is 11.3 Å². The van der Waals surface area contributed by atoms with Gasteiger partial charge in [0, 0.05) is 53.4 Å². The first-order valence-electron chi connectivity index (χ1n) is 11.4. The Balaban J connectivity index is 1.42. The van der Waals surface area contributed by atoms with E-state index in [1.54, 1.807) is 0 Å². The zero-order valence-corrected chi connectivity index (χ0v) is 18.4. The molecule has 0 spiro atoms. The van der Waals surface area contributed by atoms with Crippen molar-refractivity contribution >= 4 is 16.8 Å². The van der Waals surface area contributed by atoms with Gasteiger partial charge in [0.25, 0.3) is 5.91 Å². The molecule has 4 heterocycles. The van der Waals surface area contributed by atoms with Gasteiger partial charge in [0.1, 0.15) is 0 Å². The number of carbonyl (C=O) groups is 1. The van der Waals surface area contributed by atoms with Crippen molar-refractivity contribution < 1.29 is 4.79 Å². The number of fused-ring (bicyclic) bond motifs is 2. The van der Waals surface area contributed by atoms with Crippen LogP contribution in [-0.2, 0) is 12.8 Å². The van der Waals surface area contributed by atoms with Gasteiger partial charge in [-0.1, -0.05) is 25.1 Å². The van der Waals surface area contributed by atoms with E-state index < -0.39 is 0 Å². The summed E-state index contributed by atoms with van der Waals surface area (Å²) >= 11 is 0. The molecule has 1 aliphatic heterocycles. The number of aromatic amines is 2. The molecule has 5 heteroatoms. The van der Waals surface area contributed by atoms with Gasteiger partial charge in [-0.05, 0) is 71.0 Å². The lowest BCUT2D eigenvalue weighted by atomic mass is 9.96. The van der Waals surface area contributed by atoms with Crippen LogP contribution in [0.4, 0.5) is 0 Å². The average Bonchev–Trinajstić information content (AvgIpc) is 3.51. The highest BCUT2D eigenvalue weighted by Gasteiger charge is 2.20. The molecule has 162 valence electrons. The molecule has 0 saturated heterocycles. The van der Waals surface area contributed by atoms with Crippen LogP contribution < -0.4 is 5.32 Å². The van der Waals surface area contributed by atoms with E-state index in [-0.39, 0.29) is 5.91 Å². The van der Waals surface area contributed by atoms with E-state index in [2.05, 4.69) is 75.7 Å². The second-order valence-corrected chi connectivity index (χ2v) is 8.56. The molecule has 5 aromatic rings. The number of pyridine rings is 1. The molecule has 6 rings (SSSR count). The quantitative estimate of drug-likeness (QED) is 0.339. The van der Waals surface area contributed by atoms with Crippen molar-refractivity contribution in [1.29, 1.82) is 0 Å². The number of amides is 1. The summed E-state index contributed by atoms with van der Waals surface area (Å²) in [5, 5.41) is 4.12. The minimum Gasteiger partial charge on any atom is -0.361 e. The van der Waals surface area contributed by atoms with Gasteiger partial charge in [-0.3, -0.25) is 9.78 Å². The van der Waals surface area contributed by atoms with Crippen molar-refractivity contribution in [2.45, 2.75) is 19.8 Å². The summed E-state index contributed by atoms with van der Waals surface area (Å²) in [7, 11) is 0. The normalized spacial score (nSPS) is 13.2. The van der Waals surface area contributed by atoms with Crippen LogP contribution in [0.2, 0.25) is 0 Å². The van der Waals surface area contributed by atoms with Gasteiger partial charge in [0.2, 0.25) is 0 Å². The zero-order valence-electron chi connectivity index (χ0n) is 18.4. The molecule has 5 nitrogen and oxygen atoms in total. The number of H-pyrrole nitrogens is 2. The van der Waals surface area contributed by atoms with Gasteiger partial charge in [-0.25, -0.2) is 0 Å². The number of nitrogens with one attached hydrogen (secondary N) is 3. The molecule has 1 amide bonds. The third kappa shape index (κ3) is 3.52. The van der Waals surface area contributed by atoms with Crippen LogP contribution in [0.5, 0.6) is 0 Å². The Labute approximate surface area is 191 Å². The van der Waals surface area contributed by atoms with E-state index in [9.17, 15) is 4.79 Å². The third-order valence-electron chi connectivity index (χ3n) is 6.46. The number of rotatable bonds is 4. The predicted octanol–water partition coefficient (Wildman–Crippen LogP) is 5.74. The lowest BCUT2D eigenvalue weighted by Gasteiger charge is -2.11. The lowest BCUT2D eigenvalue weighted by Crippen LogP contribution is -2.31. The molecule has 0 fully saturated rings. The summed E-state index contributed by atoms with van der Waals surface area (Å²) < 4.78 is 0. The number of hydrogen-bond acceptors (Lipinski definition) is 2. The summed E-state index contributed by atoms with van der Waals surface area (Å²) in [6.07, 6.45) is 5.59. The summed E-state index contributed by atoms with van der Waals surface area (Å²) in [4.78, 5) is 23.6. The van der Waals surface area contributed by atoms with E-state index in [0.717, 1.165) is 52.1 Å². The summed E-state index contributed by atoms with van der Waals surface area (Å²) in [5.74, 6) is -0.00708. The number of benzene rings is 2. The monoisotopic (exact) mass is 432 g/mol. The smallest absolute Gasteiger partial charge is 0.253 e. The molecule has 3 N–H and O–H groups in total. The second-order valence-electron chi connectivity index (χ2n) is 8.56. The van der Waals surface area contributed by atoms with E-state index in [1.807, 2.05) is 24.5 Å². The summed E-state index contributed by atoms with van der Waals surface area (Å²) in [6.45, 7) is 2.85. The highest BCUT2D eigenvalue weighted by molar-refractivity contribution is 5.98. The van der Waals surface area contributed by atoms with Crippen LogP contribution in [0.15, 0.2) is 73.1 Å². The topological polar surface area (TPSA) is 73.6 Å². The third-order valence-corrected chi connectivity index (χ3v) is 6.46. The van der Waals surface area contributed by atoms with Crippen molar-refractivity contribution in [3.05, 3.63) is 89.9 Å². The fourth-order valence-electron chi connectivity index (χ4n) is 4.64. The van der Waals surface area contributed by atoms with E-state index in [4.69, 9.17) is 0 Å². The Morgan fingerprint density at radius 1 is 0.909 bits per heavy atom. The highest BCUT2D eigenvalue weighted by Crippen LogP contribution is 2.32. The number of nitrogens with zero attached hydrogens (tertiary/aromatic N) is 1. The van der Waals surface area contributed by atoms with Gasteiger partial charge in [0.15, 0.2) is 0 Å². The lowest BCUT2D eigenvalue weighted by molar-refractivity contribution is 0.0946. The SMILES string of the molecule is CCc1cc(-c2ccc3cc[nH]c3c2)cc(-c2cc(-c3cc4c([nH]3)CCNC4=O)ccn2)c1. The van der Waals surface area contributed by atoms with Crippen molar-refractivity contribution in [3.8, 4) is 33.6 Å². The van der Waals surface area contributed by atoms with Crippen LogP contribution >= 0.6 is 0 Å². The Bertz CT molecular complexity index is 1510. The first-order valence-corrected chi connectivity index (χ1v) is 11.4. The van der Waals surface area contributed by atoms with Gasteiger partial charge in [-0.2, -0.15) is 0 Å². The summed E-state index contributed by atoms with van der Waals surface area (Å²) in [5.41, 5.74) is 10.5. The molecule has 0 atom stereocenters. The molecule has 1 aliphatic rings. The van der Waals surface area contributed by atoms with Crippen LogP contribution in [0.1, 0.15) is 28.5 Å². The molecule has 0 unspecified atom stereocenters. The Kier molecular flexibility index (Phi) is 4.61. The number of aryl methyl sites for hydroxylation is 1. The fourth-order valence-corrected chi connectivity index (χ4v) is 4.64. The van der Waals surface area contributed by atoms with Gasteiger partial charge in [-0.15, -0.1) is 0 Å². The van der Waals surface area contributed by atoms with Gasteiger partial charge < -0.3 is 15.3 Å². The maximum Gasteiger partial charge on any atom is 0.253 e. The molecular weight excluding hydrogens is 408 g/mol. The van der Waals surface area contributed by atoms with Crippen LogP contribution in [-0.4, -0.2) is 27.4 Å². The van der Waals surface area contributed by atoms with E-state index in [0.29, 0.717) is 6.54 Å². The first-order chi connectivity index (χ1) is 16.2. The molecule has 0 radical (unpaired) electrons. The van der Waals surface area contributed by atoms with Gasteiger partial charge >= 0.3 is 0 Å². The van der Waals surface area contributed by atoms with Crippen molar-refractivity contribution in [1.82, 2.24) is 20.3 Å². The maximum atomic E-state index is 12.2. The Morgan fingerprint density at radius 2 is 1.82 bits per heavy atom. The minimum atomic E-state index is -0.00708. The largest absolute Gasteiger partial charge is 0.361 e. The number of aromatic nitrogens is 3. The van der Waals surface area contributed by atoms with E-state index in [1.165, 1.54) is 22.1 Å². The van der Waals surface area contributed by atoms with Crippen LogP contribution in [0.3, 0.4) is 0 Å². The minimum absolute atomic E-state index is 0.00708. The molecule has 2 aromatic carbocycles. The fraction of sp³-hybridized carbons (Fsp3) is 0.143. The van der Waals surface area contributed by atoms with Crippen LogP contribution in [0, 0.1) is 0 Å². The molecule has 0 saturated carbocycles. The molecule has 0 bridgehead atoms. The summed E-state index contributed by atoms with van der Waals surface area (Å²) in [6, 6.07) is 21.3. The molecular formula is C28H24N4O. The average molecular weight is 433 g/mol. The molecule has 0 aliphatic carbocycles.